The van der Waals surface area contributed by atoms with E-state index in [0.717, 1.165) is 22.3 Å². The minimum Gasteiger partial charge on any atom is -0.322 e. The van der Waals surface area contributed by atoms with Gasteiger partial charge in [-0.15, -0.1) is 0 Å². The van der Waals surface area contributed by atoms with Gasteiger partial charge in [-0.2, -0.15) is 0 Å². The molecule has 0 radical (unpaired) electrons. The fourth-order valence-corrected chi connectivity index (χ4v) is 3.83. The van der Waals surface area contributed by atoms with E-state index < -0.39 is 6.17 Å². The molecule has 1 heterocycles. The van der Waals surface area contributed by atoms with Crippen LogP contribution in [-0.2, 0) is 4.79 Å². The Hall–Kier alpha value is -4.51. The summed E-state index contributed by atoms with van der Waals surface area (Å²) in [7, 11) is 0. The number of hydrogen-bond donors (Lipinski definition) is 2. The van der Waals surface area contributed by atoms with Crippen LogP contribution in [0, 0.1) is 0 Å². The molecular weight excluding hydrogens is 410 g/mol. The van der Waals surface area contributed by atoms with Crippen LogP contribution >= 0.6 is 0 Å². The van der Waals surface area contributed by atoms with Gasteiger partial charge in [0.05, 0.1) is 11.4 Å². The van der Waals surface area contributed by atoms with Crippen molar-refractivity contribution in [3.05, 3.63) is 126 Å². The number of carbonyl (C=O) groups is 2. The van der Waals surface area contributed by atoms with Crippen molar-refractivity contribution in [2.75, 3.05) is 5.32 Å². The predicted molar refractivity (Wildman–Crippen MR) is 130 cm³/mol. The Kier molecular flexibility index (Phi) is 5.52. The lowest BCUT2D eigenvalue weighted by Gasteiger charge is -2.13. The highest BCUT2D eigenvalue weighted by atomic mass is 16.2. The highest BCUT2D eigenvalue weighted by Crippen LogP contribution is 2.24. The Balaban J connectivity index is 1.44. The van der Waals surface area contributed by atoms with Crippen molar-refractivity contribution < 1.29 is 9.59 Å². The third-order valence-corrected chi connectivity index (χ3v) is 5.52. The van der Waals surface area contributed by atoms with Gasteiger partial charge < -0.3 is 10.6 Å². The molecule has 0 bridgehead atoms. The van der Waals surface area contributed by atoms with Crippen molar-refractivity contribution in [1.29, 1.82) is 0 Å². The van der Waals surface area contributed by atoms with Crippen LogP contribution in [0.15, 0.2) is 114 Å². The number of anilines is 1. The molecule has 2 amide bonds. The van der Waals surface area contributed by atoms with E-state index in [2.05, 4.69) is 15.6 Å². The quantitative estimate of drug-likeness (QED) is 0.483. The maximum atomic E-state index is 13.0. The minimum absolute atomic E-state index is 0.364. The molecule has 1 aliphatic rings. The molecule has 160 valence electrons. The Morgan fingerprint density at radius 2 is 1.27 bits per heavy atom. The number of nitrogens with one attached hydrogen (secondary N) is 2. The number of benzene rings is 4. The van der Waals surface area contributed by atoms with Crippen LogP contribution in [0.2, 0.25) is 0 Å². The first-order chi connectivity index (χ1) is 16.2. The molecule has 0 spiro atoms. The molecule has 5 nitrogen and oxygen atoms in total. The number of amides is 2. The van der Waals surface area contributed by atoms with Crippen molar-refractivity contribution in [2.24, 2.45) is 4.99 Å². The molecule has 0 saturated carbocycles. The van der Waals surface area contributed by atoms with E-state index in [9.17, 15) is 9.59 Å². The summed E-state index contributed by atoms with van der Waals surface area (Å²) in [6.07, 6.45) is -1.06. The van der Waals surface area contributed by atoms with Gasteiger partial charge in [0.1, 0.15) is 0 Å². The number of benzodiazepines with no additional fused rings is 1. The summed E-state index contributed by atoms with van der Waals surface area (Å²) in [5.41, 5.74) is 5.53. The summed E-state index contributed by atoms with van der Waals surface area (Å²) < 4.78 is 0. The summed E-state index contributed by atoms with van der Waals surface area (Å²) in [6, 6.07) is 34.4. The zero-order chi connectivity index (χ0) is 22.6. The smallest absolute Gasteiger partial charge is 0.269 e. The first kappa shape index (κ1) is 20.4. The van der Waals surface area contributed by atoms with Gasteiger partial charge >= 0.3 is 0 Å². The molecule has 4 aromatic rings. The largest absolute Gasteiger partial charge is 0.322 e. The summed E-state index contributed by atoms with van der Waals surface area (Å²) in [5.74, 6) is -0.750. The van der Waals surface area contributed by atoms with Gasteiger partial charge in [0.15, 0.2) is 0 Å². The van der Waals surface area contributed by atoms with Crippen LogP contribution in [0.3, 0.4) is 0 Å². The summed E-state index contributed by atoms with van der Waals surface area (Å²) in [4.78, 5) is 30.6. The zero-order valence-electron chi connectivity index (χ0n) is 17.7. The Labute approximate surface area is 191 Å². The molecule has 0 aromatic heterocycles. The highest BCUT2D eigenvalue weighted by molar-refractivity contribution is 6.20. The predicted octanol–water partition coefficient (Wildman–Crippen LogP) is 4.90. The number of nitrogens with zero attached hydrogens (tertiary/aromatic N) is 1. The Morgan fingerprint density at radius 1 is 0.697 bits per heavy atom. The number of rotatable bonds is 4. The normalized spacial score (nSPS) is 15.0. The van der Waals surface area contributed by atoms with Gasteiger partial charge in [-0.25, -0.2) is 4.99 Å². The van der Waals surface area contributed by atoms with E-state index in [0.29, 0.717) is 17.0 Å². The van der Waals surface area contributed by atoms with Gasteiger partial charge in [-0.3, -0.25) is 9.59 Å². The topological polar surface area (TPSA) is 70.6 Å². The van der Waals surface area contributed by atoms with Gasteiger partial charge in [-0.05, 0) is 29.3 Å². The van der Waals surface area contributed by atoms with Crippen LogP contribution in [0.5, 0.6) is 0 Å². The molecule has 5 rings (SSSR count). The van der Waals surface area contributed by atoms with Crippen molar-refractivity contribution in [3.63, 3.8) is 0 Å². The van der Waals surface area contributed by atoms with Gasteiger partial charge in [0.25, 0.3) is 11.8 Å². The molecule has 4 aromatic carbocycles. The summed E-state index contributed by atoms with van der Waals surface area (Å²) >= 11 is 0. The van der Waals surface area contributed by atoms with E-state index in [1.807, 2.05) is 97.1 Å². The first-order valence-corrected chi connectivity index (χ1v) is 10.7. The lowest BCUT2D eigenvalue weighted by atomic mass is 10.0. The Bertz CT molecular complexity index is 1330. The van der Waals surface area contributed by atoms with Crippen LogP contribution in [-0.4, -0.2) is 23.7 Å². The monoisotopic (exact) mass is 431 g/mol. The number of para-hydroxylation sites is 1. The number of carbonyl (C=O) groups excluding carboxylic acids is 2. The van der Waals surface area contributed by atoms with Crippen molar-refractivity contribution in [1.82, 2.24) is 5.32 Å². The van der Waals surface area contributed by atoms with Crippen LogP contribution in [0.1, 0.15) is 21.5 Å². The SMILES string of the molecule is O=C(N[C@H]1N=C(c2ccccc2)c2ccccc2NC1=O)c1ccc(-c2ccccc2)cc1. The van der Waals surface area contributed by atoms with Gasteiger partial charge in [0, 0.05) is 16.7 Å². The van der Waals surface area contributed by atoms with Gasteiger partial charge in [-0.1, -0.05) is 91.0 Å². The second-order valence-electron chi connectivity index (χ2n) is 7.70. The van der Waals surface area contributed by atoms with Crippen LogP contribution < -0.4 is 10.6 Å². The van der Waals surface area contributed by atoms with E-state index in [4.69, 9.17) is 0 Å². The molecule has 0 saturated heterocycles. The second kappa shape index (κ2) is 8.93. The van der Waals surface area contributed by atoms with E-state index in [1.54, 1.807) is 12.1 Å². The molecule has 5 heteroatoms. The fraction of sp³-hybridized carbons (Fsp3) is 0.0357. The van der Waals surface area contributed by atoms with Crippen molar-refractivity contribution >= 4 is 23.2 Å². The molecule has 33 heavy (non-hydrogen) atoms. The average molecular weight is 431 g/mol. The first-order valence-electron chi connectivity index (χ1n) is 10.7. The molecular formula is C28H21N3O2. The standard InChI is InChI=1S/C28H21N3O2/c32-27(22-17-15-20(16-18-22)19-9-3-1-4-10-19)31-26-28(33)29-24-14-8-7-13-23(24)25(30-26)21-11-5-2-6-12-21/h1-18,26H,(H,29,33)(H,31,32)/t26-/m1/s1. The summed E-state index contributed by atoms with van der Waals surface area (Å²) in [5, 5.41) is 5.67. The number of hydrogen-bond acceptors (Lipinski definition) is 3. The van der Waals surface area contributed by atoms with Crippen molar-refractivity contribution in [3.8, 4) is 11.1 Å². The van der Waals surface area contributed by atoms with Crippen molar-refractivity contribution in [2.45, 2.75) is 6.17 Å². The lowest BCUT2D eigenvalue weighted by Crippen LogP contribution is -2.42. The highest BCUT2D eigenvalue weighted by Gasteiger charge is 2.27. The second-order valence-corrected chi connectivity index (χ2v) is 7.70. The fourth-order valence-electron chi connectivity index (χ4n) is 3.83. The van der Waals surface area contributed by atoms with E-state index in [1.165, 1.54) is 0 Å². The third kappa shape index (κ3) is 4.29. The number of aliphatic imine (C=N–C) groups is 1. The van der Waals surface area contributed by atoms with E-state index >= 15 is 0 Å². The Morgan fingerprint density at radius 3 is 1.97 bits per heavy atom. The minimum atomic E-state index is -1.06. The zero-order valence-corrected chi connectivity index (χ0v) is 17.7. The maximum absolute atomic E-state index is 13.0. The third-order valence-electron chi connectivity index (χ3n) is 5.52. The van der Waals surface area contributed by atoms with Crippen LogP contribution in [0.25, 0.3) is 11.1 Å². The van der Waals surface area contributed by atoms with Gasteiger partial charge in [0.2, 0.25) is 6.17 Å². The molecule has 0 unspecified atom stereocenters. The van der Waals surface area contributed by atoms with E-state index in [-0.39, 0.29) is 11.8 Å². The lowest BCUT2D eigenvalue weighted by molar-refractivity contribution is -0.117. The van der Waals surface area contributed by atoms with Crippen LogP contribution in [0.4, 0.5) is 5.69 Å². The molecule has 0 fully saturated rings. The maximum Gasteiger partial charge on any atom is 0.269 e. The molecule has 0 aliphatic carbocycles. The number of fused-ring (bicyclic) bond motifs is 1. The summed E-state index contributed by atoms with van der Waals surface area (Å²) in [6.45, 7) is 0. The molecule has 2 N–H and O–H groups in total. The average Bonchev–Trinajstić information content (AvgIpc) is 3.01. The molecule has 1 aliphatic heterocycles. The molecule has 1 atom stereocenters.